The molecule has 0 radical (unpaired) electrons. The molecule has 2 atom stereocenters. The summed E-state index contributed by atoms with van der Waals surface area (Å²) in [6.45, 7) is 6.59. The first-order chi connectivity index (χ1) is 20.6. The van der Waals surface area contributed by atoms with Crippen LogP contribution in [0.4, 0.5) is 18.9 Å². The van der Waals surface area contributed by atoms with Crippen LogP contribution < -0.4 is 15.0 Å². The molecule has 3 fully saturated rings. The molecule has 1 N–H and O–H groups in total. The maximum Gasteiger partial charge on any atom is 0.403 e. The lowest BCUT2D eigenvalue weighted by molar-refractivity contribution is -0.226. The zero-order chi connectivity index (χ0) is 30.8. The first kappa shape index (κ1) is 31.1. The van der Waals surface area contributed by atoms with E-state index in [9.17, 15) is 22.8 Å². The van der Waals surface area contributed by atoms with Gasteiger partial charge in [0, 0.05) is 43.8 Å². The van der Waals surface area contributed by atoms with E-state index in [0.29, 0.717) is 49.5 Å². The summed E-state index contributed by atoms with van der Waals surface area (Å²) in [7, 11) is 2.02. The van der Waals surface area contributed by atoms with Crippen molar-refractivity contribution in [3.63, 3.8) is 0 Å². The van der Waals surface area contributed by atoms with Crippen LogP contribution in [0.25, 0.3) is 11.3 Å². The van der Waals surface area contributed by atoms with Crippen LogP contribution in [0, 0.1) is 5.41 Å². The van der Waals surface area contributed by atoms with E-state index in [1.54, 1.807) is 0 Å². The maximum absolute atomic E-state index is 14.2. The number of rotatable bonds is 8. The monoisotopic (exact) mass is 601 g/mol. The smallest absolute Gasteiger partial charge is 0.403 e. The molecule has 3 heterocycles. The number of nitrogens with one attached hydrogen (secondary N) is 1. The molecule has 1 aromatic carbocycles. The van der Waals surface area contributed by atoms with E-state index < -0.39 is 17.5 Å². The Morgan fingerprint density at radius 1 is 1.05 bits per heavy atom. The summed E-state index contributed by atoms with van der Waals surface area (Å²) >= 11 is 0. The molecule has 1 aromatic heterocycles. The Bertz CT molecular complexity index is 1310. The highest BCUT2D eigenvalue weighted by Gasteiger charge is 2.62. The number of amides is 2. The van der Waals surface area contributed by atoms with Crippen molar-refractivity contribution in [1.82, 2.24) is 20.1 Å². The summed E-state index contributed by atoms with van der Waals surface area (Å²) < 4.78 is 48.4. The Hall–Kier alpha value is -3.34. The van der Waals surface area contributed by atoms with Gasteiger partial charge in [-0.05, 0) is 70.5 Å². The van der Waals surface area contributed by atoms with Gasteiger partial charge in [-0.25, -0.2) is 4.98 Å². The van der Waals surface area contributed by atoms with Crippen molar-refractivity contribution in [2.75, 3.05) is 51.3 Å². The number of halogens is 3. The van der Waals surface area contributed by atoms with E-state index in [2.05, 4.69) is 10.2 Å². The normalized spacial score (nSPS) is 22.6. The first-order valence-electron chi connectivity index (χ1n) is 15.4. The van der Waals surface area contributed by atoms with Gasteiger partial charge in [-0.3, -0.25) is 9.59 Å². The molecule has 234 valence electrons. The third-order valence-corrected chi connectivity index (χ3v) is 9.24. The summed E-state index contributed by atoms with van der Waals surface area (Å²) in [5.74, 6) is -0.431. The van der Waals surface area contributed by atoms with Crippen LogP contribution in [-0.4, -0.2) is 91.2 Å². The predicted molar refractivity (Wildman–Crippen MR) is 159 cm³/mol. The highest BCUT2D eigenvalue weighted by Crippen LogP contribution is 2.52. The average molecular weight is 602 g/mol. The lowest BCUT2D eigenvalue weighted by Crippen LogP contribution is -2.60. The Kier molecular flexibility index (Phi) is 9.20. The fraction of sp³-hybridized carbons (Fsp3) is 0.594. The van der Waals surface area contributed by atoms with Gasteiger partial charge >= 0.3 is 6.18 Å². The van der Waals surface area contributed by atoms with Gasteiger partial charge in [-0.2, -0.15) is 13.2 Å². The third kappa shape index (κ3) is 6.18. The molecule has 0 bridgehead atoms. The van der Waals surface area contributed by atoms with Crippen molar-refractivity contribution in [2.45, 2.75) is 70.6 Å². The van der Waals surface area contributed by atoms with Gasteiger partial charge in [-0.1, -0.05) is 31.9 Å². The zero-order valence-corrected chi connectivity index (χ0v) is 25.3. The van der Waals surface area contributed by atoms with Gasteiger partial charge in [0.1, 0.15) is 11.2 Å². The van der Waals surface area contributed by atoms with Crippen LogP contribution in [0.3, 0.4) is 0 Å². The Balaban J connectivity index is 1.46. The molecule has 0 unspecified atom stereocenters. The molecule has 1 aliphatic carbocycles. The number of aromatic nitrogens is 1. The van der Waals surface area contributed by atoms with Crippen LogP contribution in [-0.2, 0) is 4.79 Å². The number of benzene rings is 1. The summed E-state index contributed by atoms with van der Waals surface area (Å²) in [5, 5.41) is 3.15. The van der Waals surface area contributed by atoms with Gasteiger partial charge in [0.05, 0.1) is 18.0 Å². The number of para-hydroxylation sites is 1. The van der Waals surface area contributed by atoms with Crippen molar-refractivity contribution in [3.8, 4) is 17.0 Å². The number of hydrogen-bond donors (Lipinski definition) is 1. The number of hydrogen-bond acceptors (Lipinski definition) is 6. The van der Waals surface area contributed by atoms with Crippen LogP contribution in [0.5, 0.6) is 5.75 Å². The van der Waals surface area contributed by atoms with Crippen molar-refractivity contribution in [1.29, 1.82) is 0 Å². The lowest BCUT2D eigenvalue weighted by Gasteiger charge is -2.45. The summed E-state index contributed by atoms with van der Waals surface area (Å²) in [4.78, 5) is 37.7. The van der Waals surface area contributed by atoms with Crippen LogP contribution in [0.15, 0.2) is 36.4 Å². The molecule has 43 heavy (non-hydrogen) atoms. The average Bonchev–Trinajstić information content (AvgIpc) is 3.66. The maximum atomic E-state index is 14.2. The van der Waals surface area contributed by atoms with Crippen LogP contribution >= 0.6 is 0 Å². The minimum atomic E-state index is -4.57. The fourth-order valence-corrected chi connectivity index (χ4v) is 6.87. The number of likely N-dealkylation sites (N-methyl/N-ethyl adjacent to an activating group) is 1. The van der Waals surface area contributed by atoms with E-state index in [-0.39, 0.29) is 49.6 Å². The van der Waals surface area contributed by atoms with E-state index >= 15 is 0 Å². The molecule has 11 heteroatoms. The number of pyridine rings is 1. The molecular weight excluding hydrogens is 559 g/mol. The fourth-order valence-electron chi connectivity index (χ4n) is 6.87. The van der Waals surface area contributed by atoms with Crippen LogP contribution in [0.1, 0.15) is 62.9 Å². The molecule has 2 aliphatic heterocycles. The number of nitrogens with zero attached hydrogens (tertiary/aromatic N) is 4. The largest absolute Gasteiger partial charge is 0.493 e. The van der Waals surface area contributed by atoms with E-state index in [4.69, 9.17) is 9.72 Å². The lowest BCUT2D eigenvalue weighted by atomic mass is 9.83. The summed E-state index contributed by atoms with van der Waals surface area (Å²) in [6.07, 6.45) is -2.64. The molecule has 2 aromatic rings. The van der Waals surface area contributed by atoms with Crippen molar-refractivity contribution >= 4 is 17.5 Å². The zero-order valence-electron chi connectivity index (χ0n) is 25.3. The Morgan fingerprint density at radius 2 is 1.79 bits per heavy atom. The standard InChI is InChI=1S/C32H42F3N5O3/c1-4-23-21-39(30(42)31(32(33,34)35)15-8-9-16-31)18-19-40(23)26-13-12-25(24-10-6-7-11-27(24)43-5-2)37-28(26)29(41)36-22-14-17-38(3)20-22/h6-7,10-13,22-23H,4-5,8-9,14-21H2,1-3H3,(H,36,41)/t22-,23+/m0/s1. The number of carbonyl (C=O) groups excluding carboxylic acids is 2. The minimum absolute atomic E-state index is 0.00655. The molecule has 2 amide bonds. The SMILES string of the molecule is CCOc1ccccc1-c1ccc(N2CCN(C(=O)C3(C(F)(F)F)CCCC3)C[C@H]2CC)c(C(=O)N[C@H]2CCN(C)C2)n1. The molecule has 3 aliphatic rings. The van der Waals surface area contributed by atoms with Gasteiger partial charge < -0.3 is 24.8 Å². The molecule has 0 spiro atoms. The van der Waals surface area contributed by atoms with Gasteiger partial charge in [0.15, 0.2) is 5.69 Å². The number of alkyl halides is 3. The van der Waals surface area contributed by atoms with Gasteiger partial charge in [0.25, 0.3) is 5.91 Å². The highest BCUT2D eigenvalue weighted by atomic mass is 19.4. The topological polar surface area (TPSA) is 78.0 Å². The quantitative estimate of drug-likeness (QED) is 0.452. The molecule has 5 rings (SSSR count). The Labute approximate surface area is 251 Å². The van der Waals surface area contributed by atoms with Crippen molar-refractivity contribution in [3.05, 3.63) is 42.1 Å². The van der Waals surface area contributed by atoms with E-state index in [1.807, 2.05) is 62.2 Å². The number of ether oxygens (including phenoxy) is 1. The number of anilines is 1. The van der Waals surface area contributed by atoms with E-state index in [1.165, 1.54) is 4.90 Å². The van der Waals surface area contributed by atoms with Crippen molar-refractivity contribution in [2.24, 2.45) is 5.41 Å². The molecule has 8 nitrogen and oxygen atoms in total. The van der Waals surface area contributed by atoms with Crippen LogP contribution in [0.2, 0.25) is 0 Å². The predicted octanol–water partition coefficient (Wildman–Crippen LogP) is 5.13. The number of likely N-dealkylation sites (tertiary alicyclic amines) is 1. The van der Waals surface area contributed by atoms with Crippen molar-refractivity contribution < 1.29 is 27.5 Å². The highest BCUT2D eigenvalue weighted by molar-refractivity contribution is 5.99. The number of carbonyl (C=O) groups is 2. The third-order valence-electron chi connectivity index (χ3n) is 9.24. The molecule has 2 saturated heterocycles. The van der Waals surface area contributed by atoms with E-state index in [0.717, 1.165) is 25.1 Å². The first-order valence-corrected chi connectivity index (χ1v) is 15.4. The second-order valence-corrected chi connectivity index (χ2v) is 12.0. The Morgan fingerprint density at radius 3 is 2.44 bits per heavy atom. The molecular formula is C32H42F3N5O3. The second-order valence-electron chi connectivity index (χ2n) is 12.0. The second kappa shape index (κ2) is 12.7. The molecule has 1 saturated carbocycles. The van der Waals surface area contributed by atoms with Gasteiger partial charge in [-0.15, -0.1) is 0 Å². The van der Waals surface area contributed by atoms with Gasteiger partial charge in [0.2, 0.25) is 5.91 Å². The number of piperazine rings is 1. The summed E-state index contributed by atoms with van der Waals surface area (Å²) in [6, 6.07) is 11.0. The minimum Gasteiger partial charge on any atom is -0.493 e. The summed E-state index contributed by atoms with van der Waals surface area (Å²) in [5.41, 5.74) is -0.0471.